The van der Waals surface area contributed by atoms with Crippen LogP contribution >= 0.6 is 0 Å². The Bertz CT molecular complexity index is 843. The number of aliphatic imine (C=N–C) groups is 2. The first-order chi connectivity index (χ1) is 13.7. The molecule has 156 valence electrons. The molecule has 3 heterocycles. The summed E-state index contributed by atoms with van der Waals surface area (Å²) in [4.78, 5) is 9.43. The van der Waals surface area contributed by atoms with Gasteiger partial charge in [0.25, 0.3) is 0 Å². The van der Waals surface area contributed by atoms with E-state index in [4.69, 9.17) is 9.41 Å². The van der Waals surface area contributed by atoms with Crippen molar-refractivity contribution in [1.29, 1.82) is 0 Å². The molecular weight excluding hydrogens is 360 g/mol. The maximum Gasteiger partial charge on any atom is 0.106 e. The summed E-state index contributed by atoms with van der Waals surface area (Å²) in [6, 6.07) is 8.13. The van der Waals surface area contributed by atoms with Crippen molar-refractivity contribution in [2.45, 2.75) is 71.3 Å². The summed E-state index contributed by atoms with van der Waals surface area (Å²) in [5.74, 6) is 1.90. The molecule has 1 aliphatic heterocycles. The maximum absolute atomic E-state index is 5.65. The van der Waals surface area contributed by atoms with Crippen molar-refractivity contribution in [3.05, 3.63) is 48.2 Å². The fourth-order valence-electron chi connectivity index (χ4n) is 4.42. The van der Waals surface area contributed by atoms with Gasteiger partial charge in [0, 0.05) is 35.4 Å². The van der Waals surface area contributed by atoms with Gasteiger partial charge in [0.15, 0.2) is 0 Å². The highest BCUT2D eigenvalue weighted by Gasteiger charge is 2.54. The predicted octanol–water partition coefficient (Wildman–Crippen LogP) is 5.49. The van der Waals surface area contributed by atoms with E-state index in [0.717, 1.165) is 24.3 Å². The Hall–Kier alpha value is -2.30. The molecule has 4 atom stereocenters. The Morgan fingerprint density at radius 2 is 1.93 bits per heavy atom. The van der Waals surface area contributed by atoms with Gasteiger partial charge < -0.3 is 4.42 Å². The second kappa shape index (κ2) is 8.21. The van der Waals surface area contributed by atoms with Crippen molar-refractivity contribution in [2.75, 3.05) is 6.54 Å². The lowest BCUT2D eigenvalue weighted by Gasteiger charge is -2.53. The molecule has 0 amide bonds. The zero-order valence-corrected chi connectivity index (χ0v) is 18.6. The molecule has 29 heavy (non-hydrogen) atoms. The van der Waals surface area contributed by atoms with E-state index in [1.807, 2.05) is 18.3 Å². The van der Waals surface area contributed by atoms with Gasteiger partial charge in [0.2, 0.25) is 0 Å². The molecule has 5 heteroatoms. The van der Waals surface area contributed by atoms with Crippen LogP contribution in [-0.2, 0) is 5.41 Å². The third-order valence-electron chi connectivity index (χ3n) is 7.74. The molecule has 0 fully saturated rings. The molecule has 2 aromatic heterocycles. The second-order valence-electron chi connectivity index (χ2n) is 9.43. The van der Waals surface area contributed by atoms with Crippen LogP contribution in [0.15, 0.2) is 51.1 Å². The van der Waals surface area contributed by atoms with Crippen LogP contribution < -0.4 is 0 Å². The largest absolute Gasteiger partial charge is 0.469 e. The van der Waals surface area contributed by atoms with Crippen molar-refractivity contribution in [2.24, 2.45) is 21.3 Å². The molecule has 0 aliphatic carbocycles. The highest BCUT2D eigenvalue weighted by atomic mass is 16.3. The summed E-state index contributed by atoms with van der Waals surface area (Å²) in [6.07, 6.45) is 9.17. The monoisotopic (exact) mass is 394 g/mol. The number of hydrogen-bond acceptors (Lipinski definition) is 5. The summed E-state index contributed by atoms with van der Waals surface area (Å²) < 4.78 is 5.65. The van der Waals surface area contributed by atoms with Crippen LogP contribution in [0.1, 0.15) is 71.8 Å². The molecule has 3 rings (SSSR count). The van der Waals surface area contributed by atoms with Gasteiger partial charge in [-0.3, -0.25) is 9.98 Å². The molecule has 0 bridgehead atoms. The van der Waals surface area contributed by atoms with Gasteiger partial charge in [-0.2, -0.15) is 10.2 Å². The molecule has 2 aromatic rings. The Morgan fingerprint density at radius 3 is 2.52 bits per heavy atom. The van der Waals surface area contributed by atoms with E-state index in [9.17, 15) is 0 Å². The quantitative estimate of drug-likeness (QED) is 0.595. The standard InChI is InChI=1S/C24H34N4O/c1-18(19(2)20-9-8-16-29-20)11-12-23(5,21-10-7-13-27-28-21)22(3,4)24(6)17-25-14-15-26-24/h7-10,13-16,18-19H,11-12,17H2,1-6H3. The average molecular weight is 395 g/mol. The van der Waals surface area contributed by atoms with E-state index in [1.54, 1.807) is 18.7 Å². The number of furan rings is 1. The molecule has 0 aromatic carbocycles. The highest BCUT2D eigenvalue weighted by Crippen LogP contribution is 2.53. The molecule has 0 radical (unpaired) electrons. The van der Waals surface area contributed by atoms with Crippen LogP contribution in [0.4, 0.5) is 0 Å². The first-order valence-corrected chi connectivity index (χ1v) is 10.6. The van der Waals surface area contributed by atoms with E-state index < -0.39 is 0 Å². The topological polar surface area (TPSA) is 63.6 Å². The fraction of sp³-hybridized carbons (Fsp3) is 0.583. The van der Waals surface area contributed by atoms with Gasteiger partial charge in [0.1, 0.15) is 5.76 Å². The first kappa shape index (κ1) is 21.4. The summed E-state index contributed by atoms with van der Waals surface area (Å²) in [5.41, 5.74) is 0.327. The molecule has 0 N–H and O–H groups in total. The number of hydrogen-bond donors (Lipinski definition) is 0. The molecule has 0 saturated carbocycles. The molecule has 4 unspecified atom stereocenters. The lowest BCUT2D eigenvalue weighted by atomic mass is 9.54. The van der Waals surface area contributed by atoms with Crippen molar-refractivity contribution in [1.82, 2.24) is 10.2 Å². The van der Waals surface area contributed by atoms with Crippen molar-refractivity contribution >= 4 is 12.4 Å². The van der Waals surface area contributed by atoms with Crippen LogP contribution in [0.25, 0.3) is 0 Å². The third-order valence-corrected chi connectivity index (χ3v) is 7.74. The minimum Gasteiger partial charge on any atom is -0.469 e. The first-order valence-electron chi connectivity index (χ1n) is 10.6. The van der Waals surface area contributed by atoms with E-state index in [-0.39, 0.29) is 16.4 Å². The van der Waals surface area contributed by atoms with Gasteiger partial charge in [-0.15, -0.1) is 0 Å². The molecule has 5 nitrogen and oxygen atoms in total. The minimum atomic E-state index is -0.302. The molecule has 0 saturated heterocycles. The van der Waals surface area contributed by atoms with Crippen molar-refractivity contribution in [3.8, 4) is 0 Å². The van der Waals surface area contributed by atoms with Crippen LogP contribution in [0.3, 0.4) is 0 Å². The fourth-order valence-corrected chi connectivity index (χ4v) is 4.42. The number of nitrogens with zero attached hydrogens (tertiary/aromatic N) is 4. The summed E-state index contributed by atoms with van der Waals surface area (Å²) >= 11 is 0. The van der Waals surface area contributed by atoms with Crippen LogP contribution in [0.5, 0.6) is 0 Å². The normalized spacial score (nSPS) is 23.5. The van der Waals surface area contributed by atoms with Crippen LogP contribution in [0.2, 0.25) is 0 Å². The van der Waals surface area contributed by atoms with E-state index in [2.05, 4.69) is 68.9 Å². The zero-order valence-electron chi connectivity index (χ0n) is 18.6. The number of aromatic nitrogens is 2. The van der Waals surface area contributed by atoms with Gasteiger partial charge in [-0.25, -0.2) is 0 Å². The van der Waals surface area contributed by atoms with E-state index >= 15 is 0 Å². The van der Waals surface area contributed by atoms with E-state index in [0.29, 0.717) is 18.4 Å². The lowest BCUT2D eigenvalue weighted by molar-refractivity contribution is 0.0630. The molecule has 1 aliphatic rings. The third kappa shape index (κ3) is 3.92. The van der Waals surface area contributed by atoms with Gasteiger partial charge in [0.05, 0.1) is 24.0 Å². The minimum absolute atomic E-state index is 0.183. The SMILES string of the molecule is CC(CCC(C)(c1cccnn1)C(C)(C)C1(C)CN=CC=N1)C(C)c1ccco1. The van der Waals surface area contributed by atoms with Crippen LogP contribution in [0, 0.1) is 11.3 Å². The van der Waals surface area contributed by atoms with Crippen LogP contribution in [-0.4, -0.2) is 34.7 Å². The average Bonchev–Trinajstić information content (AvgIpc) is 3.27. The second-order valence-corrected chi connectivity index (χ2v) is 9.43. The highest BCUT2D eigenvalue weighted by molar-refractivity contribution is 6.16. The van der Waals surface area contributed by atoms with Crippen molar-refractivity contribution in [3.63, 3.8) is 0 Å². The Kier molecular flexibility index (Phi) is 6.06. The molecular formula is C24H34N4O. The van der Waals surface area contributed by atoms with Gasteiger partial charge >= 0.3 is 0 Å². The molecule has 0 spiro atoms. The Labute approximate surface area is 174 Å². The number of rotatable bonds is 8. The Morgan fingerprint density at radius 1 is 1.14 bits per heavy atom. The summed E-state index contributed by atoms with van der Waals surface area (Å²) in [5, 5.41) is 8.76. The van der Waals surface area contributed by atoms with E-state index in [1.165, 1.54) is 0 Å². The summed E-state index contributed by atoms with van der Waals surface area (Å²) in [6.45, 7) is 14.4. The van der Waals surface area contributed by atoms with Crippen molar-refractivity contribution < 1.29 is 4.42 Å². The van der Waals surface area contributed by atoms with Gasteiger partial charge in [-0.1, -0.05) is 34.6 Å². The smallest absolute Gasteiger partial charge is 0.106 e. The zero-order chi connectivity index (χ0) is 21.1. The lowest BCUT2D eigenvalue weighted by Crippen LogP contribution is -2.56. The Balaban J connectivity index is 1.90. The maximum atomic E-state index is 5.65. The summed E-state index contributed by atoms with van der Waals surface area (Å²) in [7, 11) is 0. The predicted molar refractivity (Wildman–Crippen MR) is 119 cm³/mol. The van der Waals surface area contributed by atoms with Gasteiger partial charge in [-0.05, 0) is 49.9 Å².